The van der Waals surface area contributed by atoms with Gasteiger partial charge in [0.25, 0.3) is 5.56 Å². The van der Waals surface area contributed by atoms with Crippen molar-refractivity contribution in [1.29, 1.82) is 0 Å². The van der Waals surface area contributed by atoms with Crippen LogP contribution < -0.4 is 11.2 Å². The summed E-state index contributed by atoms with van der Waals surface area (Å²) in [6, 6.07) is 11.2. The maximum Gasteiger partial charge on any atom is 0.431 e. The van der Waals surface area contributed by atoms with Gasteiger partial charge in [0, 0.05) is 24.1 Å². The predicted octanol–water partition coefficient (Wildman–Crippen LogP) is 3.98. The summed E-state index contributed by atoms with van der Waals surface area (Å²) in [5, 5.41) is 12.7. The summed E-state index contributed by atoms with van der Waals surface area (Å²) in [4.78, 5) is 24.8. The number of halogens is 3. The Morgan fingerprint density at radius 3 is 2.45 bits per heavy atom. The molecule has 2 heterocycles. The van der Waals surface area contributed by atoms with Crippen LogP contribution in [0, 0.1) is 0 Å². The van der Waals surface area contributed by atoms with Gasteiger partial charge in [-0.05, 0) is 41.9 Å². The zero-order valence-corrected chi connectivity index (χ0v) is 15.5. The third-order valence-corrected chi connectivity index (χ3v) is 5.29. The van der Waals surface area contributed by atoms with Crippen molar-refractivity contribution in [2.45, 2.75) is 6.18 Å². The number of nitrogens with zero attached hydrogens (tertiary/aromatic N) is 3. The number of fused-ring (bicyclic) bond motifs is 1. The smallest absolute Gasteiger partial charge is 0.292 e. The molecule has 0 aliphatic rings. The first-order chi connectivity index (χ1) is 13.7. The van der Waals surface area contributed by atoms with E-state index in [1.807, 2.05) is 0 Å². The molecule has 1 radical (unpaired) electrons. The number of para-hydroxylation sites is 1. The Morgan fingerprint density at radius 1 is 1.03 bits per heavy atom. The second-order valence-electron chi connectivity index (χ2n) is 6.25. The minimum atomic E-state index is -4.83. The van der Waals surface area contributed by atoms with Crippen molar-refractivity contribution in [2.75, 3.05) is 0 Å². The van der Waals surface area contributed by atoms with Crippen LogP contribution in [0.15, 0.2) is 58.1 Å². The molecule has 0 fully saturated rings. The molecule has 29 heavy (non-hydrogen) atoms. The normalized spacial score (nSPS) is 11.9. The first kappa shape index (κ1) is 18.9. The van der Waals surface area contributed by atoms with E-state index >= 15 is 0 Å². The average molecular weight is 418 g/mol. The number of hydrogen-bond acceptors (Lipinski definition) is 4. The Kier molecular flexibility index (Phi) is 4.30. The van der Waals surface area contributed by atoms with Crippen LogP contribution in [0.1, 0.15) is 5.69 Å². The molecule has 0 bridgehead atoms. The zero-order chi connectivity index (χ0) is 20.9. The molecule has 147 valence electrons. The summed E-state index contributed by atoms with van der Waals surface area (Å²) in [7, 11) is 0.949. The van der Waals surface area contributed by atoms with E-state index in [0.717, 1.165) is 18.6 Å². The van der Waals surface area contributed by atoms with Crippen LogP contribution in [0.5, 0.6) is 5.75 Å². The van der Waals surface area contributed by atoms with E-state index in [9.17, 15) is 27.9 Å². The van der Waals surface area contributed by atoms with Gasteiger partial charge in [-0.25, -0.2) is 9.36 Å². The summed E-state index contributed by atoms with van der Waals surface area (Å²) in [6.45, 7) is 0. The maximum absolute atomic E-state index is 13.0. The van der Waals surface area contributed by atoms with Gasteiger partial charge in [0.1, 0.15) is 5.69 Å². The highest BCUT2D eigenvalue weighted by Crippen LogP contribution is 2.36. The molecule has 2 aromatic heterocycles. The molecule has 4 aromatic rings. The van der Waals surface area contributed by atoms with E-state index in [-0.39, 0.29) is 11.4 Å². The van der Waals surface area contributed by atoms with Crippen LogP contribution in [0.2, 0.25) is 0 Å². The third-order valence-electron chi connectivity index (χ3n) is 4.46. The number of aromatic nitrogens is 3. The van der Waals surface area contributed by atoms with Crippen LogP contribution in [-0.2, 0) is 18.3 Å². The van der Waals surface area contributed by atoms with Crippen molar-refractivity contribution in [3.63, 3.8) is 0 Å². The molecule has 0 N–H and O–H groups in total. The Morgan fingerprint density at radius 2 is 1.76 bits per heavy atom. The highest BCUT2D eigenvalue weighted by atomic mass is 32.1. The first-order valence-electron chi connectivity index (χ1n) is 8.25. The van der Waals surface area contributed by atoms with E-state index in [4.69, 9.17) is 0 Å². The number of alkyl halides is 3. The molecular weight excluding hydrogens is 407 g/mol. The number of benzene rings is 2. The van der Waals surface area contributed by atoms with Gasteiger partial charge >= 0.3 is 11.9 Å². The fourth-order valence-corrected chi connectivity index (χ4v) is 3.83. The molecule has 10 heteroatoms. The lowest BCUT2D eigenvalue weighted by molar-refractivity contribution is -0.144. The van der Waals surface area contributed by atoms with Gasteiger partial charge < -0.3 is 0 Å². The van der Waals surface area contributed by atoms with E-state index in [1.54, 1.807) is 24.3 Å². The molecule has 0 saturated heterocycles. The van der Waals surface area contributed by atoms with Crippen LogP contribution in [0.3, 0.4) is 0 Å². The summed E-state index contributed by atoms with van der Waals surface area (Å²) in [5.74, 6) is -0.243. The monoisotopic (exact) mass is 418 g/mol. The molecule has 0 atom stereocenters. The highest BCUT2D eigenvalue weighted by Gasteiger charge is 2.35. The van der Waals surface area contributed by atoms with Gasteiger partial charge in [0.2, 0.25) is 0 Å². The van der Waals surface area contributed by atoms with Gasteiger partial charge in [0.15, 0.2) is 5.75 Å². The Bertz CT molecular complexity index is 1370. The van der Waals surface area contributed by atoms with E-state index in [1.165, 1.54) is 18.2 Å². The second kappa shape index (κ2) is 6.59. The fourth-order valence-electron chi connectivity index (χ4n) is 3.06. The largest absolute Gasteiger partial charge is 0.431 e. The highest BCUT2D eigenvalue weighted by molar-refractivity contribution is 7.13. The molecular formula is C19H11F3N3O3S. The standard InChI is InChI=1S/C19H11F3N3O3S/c1-24-15(19(20,21)22)9-16(27)25(18(24)28)10-6-7-14-12(8-10)17(23-29-14)11-4-2-3-5-13(11)26/h2-9H,1H3. The Hall–Kier alpha value is -3.40. The molecule has 0 saturated carbocycles. The third kappa shape index (κ3) is 3.11. The van der Waals surface area contributed by atoms with Gasteiger partial charge in [0.05, 0.1) is 16.1 Å². The zero-order valence-electron chi connectivity index (χ0n) is 14.7. The van der Waals surface area contributed by atoms with E-state index in [2.05, 4.69) is 4.37 Å². The van der Waals surface area contributed by atoms with Gasteiger partial charge in [-0.1, -0.05) is 12.1 Å². The minimum Gasteiger partial charge on any atom is -0.292 e. The van der Waals surface area contributed by atoms with E-state index < -0.39 is 23.1 Å². The number of hydrogen-bond donors (Lipinski definition) is 0. The lowest BCUT2D eigenvalue weighted by Gasteiger charge is -2.14. The van der Waals surface area contributed by atoms with Crippen molar-refractivity contribution >= 4 is 21.6 Å². The number of rotatable bonds is 2. The van der Waals surface area contributed by atoms with Crippen LogP contribution in [0.25, 0.3) is 27.0 Å². The first-order valence-corrected chi connectivity index (χ1v) is 9.02. The molecule has 0 aliphatic heterocycles. The van der Waals surface area contributed by atoms with Crippen molar-refractivity contribution in [1.82, 2.24) is 13.5 Å². The molecule has 2 aromatic carbocycles. The lowest BCUT2D eigenvalue weighted by Crippen LogP contribution is -2.40. The summed E-state index contributed by atoms with van der Waals surface area (Å²) >= 11 is 1.13. The van der Waals surface area contributed by atoms with Gasteiger partial charge in [-0.3, -0.25) is 14.5 Å². The molecule has 6 nitrogen and oxygen atoms in total. The summed E-state index contributed by atoms with van der Waals surface area (Å²) in [5.41, 5.74) is -2.74. The second-order valence-corrected chi connectivity index (χ2v) is 7.06. The van der Waals surface area contributed by atoms with Crippen LogP contribution >= 0.6 is 11.5 Å². The van der Waals surface area contributed by atoms with Crippen molar-refractivity contribution in [3.8, 4) is 22.7 Å². The van der Waals surface area contributed by atoms with E-state index in [0.29, 0.717) is 36.5 Å². The topological polar surface area (TPSA) is 76.8 Å². The quantitative estimate of drug-likeness (QED) is 0.494. The SMILES string of the molecule is Cn1c(C(F)(F)F)cc(=O)n(-c2ccc3snc(-c4ccccc4[O])c3c2)c1=O. The maximum atomic E-state index is 13.0. The summed E-state index contributed by atoms with van der Waals surface area (Å²) in [6.07, 6.45) is -4.83. The van der Waals surface area contributed by atoms with Crippen molar-refractivity contribution in [3.05, 3.63) is 75.1 Å². The van der Waals surface area contributed by atoms with Gasteiger partial charge in [-0.15, -0.1) is 0 Å². The van der Waals surface area contributed by atoms with Crippen LogP contribution in [0.4, 0.5) is 13.2 Å². The van der Waals surface area contributed by atoms with Gasteiger partial charge in [-0.2, -0.15) is 17.5 Å². The molecule has 0 amide bonds. The molecule has 4 rings (SSSR count). The molecule has 0 aliphatic carbocycles. The lowest BCUT2D eigenvalue weighted by atomic mass is 10.1. The Balaban J connectivity index is 1.96. The Labute approximate surface area is 164 Å². The average Bonchev–Trinajstić information content (AvgIpc) is 3.07. The molecule has 0 unspecified atom stereocenters. The fraction of sp³-hybridized carbons (Fsp3) is 0.105. The summed E-state index contributed by atoms with van der Waals surface area (Å²) < 4.78 is 45.2. The van der Waals surface area contributed by atoms with Crippen molar-refractivity contribution in [2.24, 2.45) is 7.05 Å². The van der Waals surface area contributed by atoms with Crippen LogP contribution in [-0.4, -0.2) is 13.5 Å². The minimum absolute atomic E-state index is 0.0849. The molecule has 0 spiro atoms. The predicted molar refractivity (Wildman–Crippen MR) is 101 cm³/mol. The van der Waals surface area contributed by atoms with Crippen molar-refractivity contribution < 1.29 is 18.3 Å².